The minimum Gasteiger partial charge on any atom is -0.478 e. The number of hydrogen-bond donors (Lipinski definition) is 1. The molecule has 0 unspecified atom stereocenters. The van der Waals surface area contributed by atoms with Crippen molar-refractivity contribution in [2.75, 3.05) is 0 Å². The predicted octanol–water partition coefficient (Wildman–Crippen LogP) is 7.47. The Morgan fingerprint density at radius 3 is 1.63 bits per heavy atom. The first-order chi connectivity index (χ1) is 14.4. The minimum absolute atomic E-state index is 0.0598. The van der Waals surface area contributed by atoms with E-state index >= 15 is 0 Å². The number of carbonyl (C=O) groups is 2. The molecular weight excluding hydrogens is 443 g/mol. The number of benzene rings is 5. The van der Waals surface area contributed by atoms with Gasteiger partial charge in [-0.3, -0.25) is 4.79 Å². The molecule has 5 aromatic rings. The number of halogens is 3. The number of rotatable bonds is 3. The summed E-state index contributed by atoms with van der Waals surface area (Å²) in [5.74, 6) is -1.58. The van der Waals surface area contributed by atoms with E-state index in [-0.39, 0.29) is 11.1 Å². The number of ketones is 1. The fraction of sp³-hybridized carbons (Fsp3) is 0. The van der Waals surface area contributed by atoms with Crippen LogP contribution in [0.15, 0.2) is 60.7 Å². The van der Waals surface area contributed by atoms with Gasteiger partial charge in [0.1, 0.15) is 0 Å². The van der Waals surface area contributed by atoms with Crippen molar-refractivity contribution in [3.63, 3.8) is 0 Å². The minimum atomic E-state index is -1.17. The fourth-order valence-electron chi connectivity index (χ4n) is 4.07. The van der Waals surface area contributed by atoms with Crippen LogP contribution in [0, 0.1) is 0 Å². The topological polar surface area (TPSA) is 54.4 Å². The molecule has 0 aliphatic rings. The largest absolute Gasteiger partial charge is 0.478 e. The van der Waals surface area contributed by atoms with Gasteiger partial charge in [-0.05, 0) is 29.0 Å². The van der Waals surface area contributed by atoms with E-state index in [1.54, 1.807) is 24.3 Å². The van der Waals surface area contributed by atoms with Gasteiger partial charge in [0.25, 0.3) is 0 Å². The van der Waals surface area contributed by atoms with Crippen LogP contribution in [0.3, 0.4) is 0 Å². The van der Waals surface area contributed by atoms with Crippen LogP contribution in [0.25, 0.3) is 32.3 Å². The third-order valence-corrected chi connectivity index (χ3v) is 6.33. The molecule has 5 rings (SSSR count). The normalized spacial score (nSPS) is 11.6. The van der Waals surface area contributed by atoms with Crippen LogP contribution in [-0.2, 0) is 0 Å². The molecule has 0 aliphatic heterocycles. The monoisotopic (exact) mass is 452 g/mol. The molecule has 0 saturated carbocycles. The van der Waals surface area contributed by atoms with Gasteiger partial charge in [-0.15, -0.1) is 0 Å². The molecule has 146 valence electrons. The average molecular weight is 454 g/mol. The number of carbonyl (C=O) groups excluding carboxylic acids is 1. The third kappa shape index (κ3) is 2.67. The standard InChI is InChI=1S/C24H11Cl3O3/c25-18-9-17(23(28)12-3-1-2-4-13(12)24(29)30)11-5-6-15-19(26)10-20(27)16-8-7-14(18)21(11)22(15)16/h1-10H,(H,29,30). The molecule has 0 radical (unpaired) electrons. The molecule has 0 bridgehead atoms. The van der Waals surface area contributed by atoms with Gasteiger partial charge in [0, 0.05) is 47.7 Å². The first-order valence-corrected chi connectivity index (χ1v) is 10.1. The first-order valence-electron chi connectivity index (χ1n) is 9.00. The van der Waals surface area contributed by atoms with Crippen LogP contribution in [0.5, 0.6) is 0 Å². The summed E-state index contributed by atoms with van der Waals surface area (Å²) < 4.78 is 0. The smallest absolute Gasteiger partial charge is 0.336 e. The molecule has 0 spiro atoms. The van der Waals surface area contributed by atoms with Crippen LogP contribution in [0.2, 0.25) is 15.1 Å². The summed E-state index contributed by atoms with van der Waals surface area (Å²) >= 11 is 19.4. The van der Waals surface area contributed by atoms with Crippen molar-refractivity contribution in [3.8, 4) is 0 Å². The van der Waals surface area contributed by atoms with E-state index in [0.717, 1.165) is 26.9 Å². The Morgan fingerprint density at radius 1 is 0.600 bits per heavy atom. The molecule has 0 aromatic heterocycles. The molecule has 5 aromatic carbocycles. The Kier molecular flexibility index (Phi) is 4.37. The van der Waals surface area contributed by atoms with Crippen LogP contribution in [0.1, 0.15) is 26.3 Å². The predicted molar refractivity (Wildman–Crippen MR) is 122 cm³/mol. The highest BCUT2D eigenvalue weighted by molar-refractivity contribution is 6.46. The summed E-state index contributed by atoms with van der Waals surface area (Å²) in [6.07, 6.45) is 0. The summed E-state index contributed by atoms with van der Waals surface area (Å²) in [6, 6.07) is 16.8. The van der Waals surface area contributed by atoms with E-state index in [1.165, 1.54) is 12.1 Å². The number of carboxylic acid groups (broad SMARTS) is 1. The van der Waals surface area contributed by atoms with Gasteiger partial charge in [0.05, 0.1) is 5.56 Å². The quantitative estimate of drug-likeness (QED) is 0.228. The van der Waals surface area contributed by atoms with E-state index in [9.17, 15) is 14.7 Å². The van der Waals surface area contributed by atoms with Gasteiger partial charge in [-0.2, -0.15) is 0 Å². The Morgan fingerprint density at radius 2 is 1.07 bits per heavy atom. The van der Waals surface area contributed by atoms with Crippen LogP contribution < -0.4 is 0 Å². The zero-order valence-electron chi connectivity index (χ0n) is 15.2. The molecule has 0 atom stereocenters. The molecule has 1 N–H and O–H groups in total. The Balaban J connectivity index is 1.92. The lowest BCUT2D eigenvalue weighted by atomic mass is 9.88. The number of carboxylic acids is 1. The van der Waals surface area contributed by atoms with E-state index < -0.39 is 11.8 Å². The van der Waals surface area contributed by atoms with Gasteiger partial charge in [-0.25, -0.2) is 4.79 Å². The van der Waals surface area contributed by atoms with Crippen molar-refractivity contribution in [2.24, 2.45) is 0 Å². The van der Waals surface area contributed by atoms with Gasteiger partial charge in [-0.1, -0.05) is 77.3 Å². The summed E-state index contributed by atoms with van der Waals surface area (Å²) in [5, 5.41) is 15.6. The zero-order chi connectivity index (χ0) is 21.2. The molecule has 0 fully saturated rings. The molecular formula is C24H11Cl3O3. The molecule has 30 heavy (non-hydrogen) atoms. The highest BCUT2D eigenvalue weighted by Gasteiger charge is 2.23. The summed E-state index contributed by atoms with van der Waals surface area (Å²) in [4.78, 5) is 25.1. The lowest BCUT2D eigenvalue weighted by molar-refractivity contribution is 0.0693. The summed E-state index contributed by atoms with van der Waals surface area (Å²) in [5.41, 5.74) is 0.370. The summed E-state index contributed by atoms with van der Waals surface area (Å²) in [7, 11) is 0. The van der Waals surface area contributed by atoms with Gasteiger partial charge >= 0.3 is 5.97 Å². The highest BCUT2D eigenvalue weighted by Crippen LogP contribution is 2.44. The third-order valence-electron chi connectivity index (χ3n) is 5.39. The zero-order valence-corrected chi connectivity index (χ0v) is 17.4. The van der Waals surface area contributed by atoms with E-state index in [4.69, 9.17) is 34.8 Å². The van der Waals surface area contributed by atoms with E-state index in [2.05, 4.69) is 0 Å². The van der Waals surface area contributed by atoms with Crippen LogP contribution in [0.4, 0.5) is 0 Å². The van der Waals surface area contributed by atoms with Crippen molar-refractivity contribution < 1.29 is 14.7 Å². The summed E-state index contributed by atoms with van der Waals surface area (Å²) in [6.45, 7) is 0. The molecule has 0 heterocycles. The van der Waals surface area contributed by atoms with Gasteiger partial charge in [0.15, 0.2) is 5.78 Å². The van der Waals surface area contributed by atoms with Crippen molar-refractivity contribution in [1.82, 2.24) is 0 Å². The first kappa shape index (κ1) is 19.1. The molecule has 0 aliphatic carbocycles. The highest BCUT2D eigenvalue weighted by atomic mass is 35.5. The van der Waals surface area contributed by atoms with Crippen molar-refractivity contribution in [2.45, 2.75) is 0 Å². The van der Waals surface area contributed by atoms with Crippen molar-refractivity contribution >= 4 is 78.9 Å². The van der Waals surface area contributed by atoms with Gasteiger partial charge in [0.2, 0.25) is 0 Å². The average Bonchev–Trinajstić information content (AvgIpc) is 2.74. The lowest BCUT2D eigenvalue weighted by Crippen LogP contribution is -2.10. The van der Waals surface area contributed by atoms with Crippen LogP contribution in [-0.4, -0.2) is 16.9 Å². The SMILES string of the molecule is O=C(O)c1ccccc1C(=O)c1cc(Cl)c2ccc3c(Cl)cc(Cl)c4ccc1c2c34. The second-order valence-corrected chi connectivity index (χ2v) is 8.22. The maximum Gasteiger partial charge on any atom is 0.336 e. The molecule has 0 amide bonds. The van der Waals surface area contributed by atoms with E-state index in [1.807, 2.05) is 24.3 Å². The molecule has 0 saturated heterocycles. The number of aromatic carboxylic acids is 1. The van der Waals surface area contributed by atoms with Crippen molar-refractivity contribution in [1.29, 1.82) is 0 Å². The maximum atomic E-state index is 13.4. The molecule has 3 nitrogen and oxygen atoms in total. The van der Waals surface area contributed by atoms with Gasteiger partial charge < -0.3 is 5.11 Å². The lowest BCUT2D eigenvalue weighted by Gasteiger charge is -2.16. The van der Waals surface area contributed by atoms with Crippen LogP contribution >= 0.6 is 34.8 Å². The van der Waals surface area contributed by atoms with Crippen molar-refractivity contribution in [3.05, 3.63) is 92.4 Å². The Bertz CT molecular complexity index is 1500. The van der Waals surface area contributed by atoms with E-state index in [0.29, 0.717) is 26.0 Å². The number of hydrogen-bond acceptors (Lipinski definition) is 2. The Labute approximate surface area is 185 Å². The fourth-order valence-corrected chi connectivity index (χ4v) is 4.92. The second-order valence-electron chi connectivity index (χ2n) is 7.00. The maximum absolute atomic E-state index is 13.4. The Hall–Kier alpha value is -2.85. The second kappa shape index (κ2) is 6.85. The molecule has 6 heteroatoms.